The number of hydrogen-bond donors (Lipinski definition) is 0. The molecule has 0 radical (unpaired) electrons. The quantitative estimate of drug-likeness (QED) is 0.755. The average molecular weight is 246 g/mol. The van der Waals surface area contributed by atoms with Crippen LogP contribution in [0.3, 0.4) is 0 Å². The molecule has 0 fully saturated rings. The molecule has 0 saturated carbocycles. The van der Waals surface area contributed by atoms with Crippen LogP contribution in [0.2, 0.25) is 0 Å². The predicted octanol–water partition coefficient (Wildman–Crippen LogP) is 3.68. The highest BCUT2D eigenvalue weighted by molar-refractivity contribution is 5.70. The second-order valence-corrected chi connectivity index (χ2v) is 4.12. The van der Waals surface area contributed by atoms with Crippen molar-refractivity contribution in [3.05, 3.63) is 59.2 Å². The van der Waals surface area contributed by atoms with Gasteiger partial charge in [0.15, 0.2) is 0 Å². The summed E-state index contributed by atoms with van der Waals surface area (Å²) in [4.78, 5) is 10.6. The summed E-state index contributed by atoms with van der Waals surface area (Å²) in [6, 6.07) is 8.82. The van der Waals surface area contributed by atoms with Gasteiger partial charge in [0.25, 0.3) is 0 Å². The van der Waals surface area contributed by atoms with Gasteiger partial charge < -0.3 is 4.79 Å². The fraction of sp³-hybridized carbons (Fsp3) is 0.133. The zero-order chi connectivity index (χ0) is 13.1. The van der Waals surface area contributed by atoms with Gasteiger partial charge in [-0.1, -0.05) is 18.2 Å². The molecule has 0 N–H and O–H groups in total. The largest absolute Gasteiger partial charge is 0.303 e. The van der Waals surface area contributed by atoms with Crippen LogP contribution in [0.1, 0.15) is 11.1 Å². The Bertz CT molecular complexity index is 571. The van der Waals surface area contributed by atoms with Gasteiger partial charge in [-0.05, 0) is 41.3 Å². The first-order valence-corrected chi connectivity index (χ1v) is 5.60. The third-order valence-corrected chi connectivity index (χ3v) is 2.92. The Hall–Kier alpha value is -2.03. The normalized spacial score (nSPS) is 10.4. The highest BCUT2D eigenvalue weighted by Crippen LogP contribution is 2.27. The lowest BCUT2D eigenvalue weighted by molar-refractivity contribution is -0.107. The first kappa shape index (κ1) is 12.4. The second kappa shape index (κ2) is 5.08. The lowest BCUT2D eigenvalue weighted by Crippen LogP contribution is -1.94. The van der Waals surface area contributed by atoms with E-state index in [1.165, 1.54) is 12.1 Å². The van der Waals surface area contributed by atoms with Gasteiger partial charge in [0.05, 0.1) is 0 Å². The minimum absolute atomic E-state index is 0.303. The highest BCUT2D eigenvalue weighted by atomic mass is 19.1. The standard InChI is InChI=1S/C15H12F2O/c1-10-11(5-6-18)3-2-4-15(10)12-7-13(16)9-14(17)8-12/h2-4,6-9H,5H2,1H3. The molecule has 0 amide bonds. The van der Waals surface area contributed by atoms with Crippen molar-refractivity contribution < 1.29 is 13.6 Å². The molecule has 0 bridgehead atoms. The number of benzene rings is 2. The maximum absolute atomic E-state index is 13.2. The van der Waals surface area contributed by atoms with E-state index < -0.39 is 11.6 Å². The van der Waals surface area contributed by atoms with E-state index >= 15 is 0 Å². The molecule has 1 nitrogen and oxygen atoms in total. The Labute approximate surface area is 104 Å². The molecule has 0 aliphatic carbocycles. The third-order valence-electron chi connectivity index (χ3n) is 2.92. The molecule has 0 heterocycles. The van der Waals surface area contributed by atoms with E-state index in [0.29, 0.717) is 12.0 Å². The first-order valence-electron chi connectivity index (χ1n) is 5.60. The van der Waals surface area contributed by atoms with E-state index in [1.54, 1.807) is 12.1 Å². The van der Waals surface area contributed by atoms with E-state index in [-0.39, 0.29) is 0 Å². The van der Waals surface area contributed by atoms with Crippen LogP contribution in [0.25, 0.3) is 11.1 Å². The Kier molecular flexibility index (Phi) is 3.51. The summed E-state index contributed by atoms with van der Waals surface area (Å²) in [5.41, 5.74) is 2.97. The highest BCUT2D eigenvalue weighted by Gasteiger charge is 2.08. The number of hydrogen-bond acceptors (Lipinski definition) is 1. The van der Waals surface area contributed by atoms with Gasteiger partial charge in [-0.3, -0.25) is 0 Å². The molecular formula is C15H12F2O. The van der Waals surface area contributed by atoms with Crippen LogP contribution in [-0.4, -0.2) is 6.29 Å². The summed E-state index contributed by atoms with van der Waals surface area (Å²) in [6.45, 7) is 1.84. The van der Waals surface area contributed by atoms with E-state index in [0.717, 1.165) is 29.0 Å². The summed E-state index contributed by atoms with van der Waals surface area (Å²) in [5, 5.41) is 0. The maximum Gasteiger partial charge on any atom is 0.126 e. The molecule has 0 aliphatic rings. The molecule has 18 heavy (non-hydrogen) atoms. The van der Waals surface area contributed by atoms with Gasteiger partial charge in [-0.2, -0.15) is 0 Å². The lowest BCUT2D eigenvalue weighted by Gasteiger charge is -2.10. The zero-order valence-electron chi connectivity index (χ0n) is 9.91. The SMILES string of the molecule is Cc1c(CC=O)cccc1-c1cc(F)cc(F)c1. The summed E-state index contributed by atoms with van der Waals surface area (Å²) in [7, 11) is 0. The van der Waals surface area contributed by atoms with Crippen molar-refractivity contribution in [2.24, 2.45) is 0 Å². The summed E-state index contributed by atoms with van der Waals surface area (Å²) >= 11 is 0. The van der Waals surface area contributed by atoms with Crippen LogP contribution in [0.4, 0.5) is 8.78 Å². The van der Waals surface area contributed by atoms with Crippen molar-refractivity contribution in [2.75, 3.05) is 0 Å². The van der Waals surface area contributed by atoms with Crippen LogP contribution in [0, 0.1) is 18.6 Å². The molecule has 0 unspecified atom stereocenters. The van der Waals surface area contributed by atoms with E-state index in [9.17, 15) is 13.6 Å². The van der Waals surface area contributed by atoms with E-state index in [4.69, 9.17) is 0 Å². The molecule has 0 atom stereocenters. The van der Waals surface area contributed by atoms with Gasteiger partial charge in [0.1, 0.15) is 17.9 Å². The van der Waals surface area contributed by atoms with Crippen LogP contribution >= 0.6 is 0 Å². The Balaban J connectivity index is 2.56. The third kappa shape index (κ3) is 2.45. The van der Waals surface area contributed by atoms with Gasteiger partial charge in [0, 0.05) is 12.5 Å². The molecule has 0 aliphatic heterocycles. The monoisotopic (exact) mass is 246 g/mol. The van der Waals surface area contributed by atoms with Crippen molar-refractivity contribution in [3.63, 3.8) is 0 Å². The molecular weight excluding hydrogens is 234 g/mol. The topological polar surface area (TPSA) is 17.1 Å². The van der Waals surface area contributed by atoms with E-state index in [1.807, 2.05) is 13.0 Å². The summed E-state index contributed by atoms with van der Waals surface area (Å²) < 4.78 is 26.4. The fourth-order valence-electron chi connectivity index (χ4n) is 2.02. The Morgan fingerprint density at radius 1 is 1.11 bits per heavy atom. The number of halogens is 2. The fourth-order valence-corrected chi connectivity index (χ4v) is 2.02. The van der Waals surface area contributed by atoms with Crippen LogP contribution < -0.4 is 0 Å². The van der Waals surface area contributed by atoms with E-state index in [2.05, 4.69) is 0 Å². The first-order chi connectivity index (χ1) is 8.61. The molecule has 0 saturated heterocycles. The van der Waals surface area contributed by atoms with Gasteiger partial charge in [-0.25, -0.2) is 8.78 Å². The molecule has 3 heteroatoms. The van der Waals surface area contributed by atoms with Crippen LogP contribution in [0.5, 0.6) is 0 Å². The Morgan fingerprint density at radius 3 is 2.39 bits per heavy atom. The van der Waals surface area contributed by atoms with Crippen molar-refractivity contribution >= 4 is 6.29 Å². The maximum atomic E-state index is 13.2. The molecule has 0 spiro atoms. The summed E-state index contributed by atoms with van der Waals surface area (Å²) in [5.74, 6) is -1.21. The lowest BCUT2D eigenvalue weighted by atomic mass is 9.95. The second-order valence-electron chi connectivity index (χ2n) is 4.12. The minimum atomic E-state index is -0.606. The van der Waals surface area contributed by atoms with Gasteiger partial charge >= 0.3 is 0 Å². The van der Waals surface area contributed by atoms with Crippen LogP contribution in [0.15, 0.2) is 36.4 Å². The number of rotatable bonds is 3. The molecule has 92 valence electrons. The molecule has 2 aromatic rings. The number of carbonyl (C=O) groups is 1. The van der Waals surface area contributed by atoms with Crippen molar-refractivity contribution in [1.29, 1.82) is 0 Å². The molecule has 2 aromatic carbocycles. The van der Waals surface area contributed by atoms with Gasteiger partial charge in [0.2, 0.25) is 0 Å². The summed E-state index contributed by atoms with van der Waals surface area (Å²) in [6.07, 6.45) is 1.12. The van der Waals surface area contributed by atoms with Crippen molar-refractivity contribution in [3.8, 4) is 11.1 Å². The smallest absolute Gasteiger partial charge is 0.126 e. The molecule has 2 rings (SSSR count). The average Bonchev–Trinajstić information content (AvgIpc) is 2.31. The van der Waals surface area contributed by atoms with Gasteiger partial charge in [-0.15, -0.1) is 0 Å². The number of carbonyl (C=O) groups excluding carboxylic acids is 1. The van der Waals surface area contributed by atoms with Crippen LogP contribution in [-0.2, 0) is 11.2 Å². The van der Waals surface area contributed by atoms with Crippen molar-refractivity contribution in [1.82, 2.24) is 0 Å². The zero-order valence-corrected chi connectivity index (χ0v) is 9.91. The molecule has 0 aromatic heterocycles. The van der Waals surface area contributed by atoms with Crippen molar-refractivity contribution in [2.45, 2.75) is 13.3 Å². The number of aldehydes is 1. The Morgan fingerprint density at radius 2 is 1.78 bits per heavy atom. The predicted molar refractivity (Wildman–Crippen MR) is 66.3 cm³/mol. The minimum Gasteiger partial charge on any atom is -0.303 e.